The van der Waals surface area contributed by atoms with Crippen molar-refractivity contribution < 1.29 is 4.92 Å². The van der Waals surface area contributed by atoms with Crippen LogP contribution in [0, 0.1) is 15.5 Å². The Morgan fingerprint density at radius 3 is 2.65 bits per heavy atom. The molecule has 1 N–H and O–H groups in total. The molecule has 17 heavy (non-hydrogen) atoms. The average molecular weight is 237 g/mol. The van der Waals surface area contributed by atoms with Crippen molar-refractivity contribution in [2.24, 2.45) is 5.41 Å². The Balaban J connectivity index is 2.87. The first kappa shape index (κ1) is 13.6. The van der Waals surface area contributed by atoms with Crippen molar-refractivity contribution in [1.82, 2.24) is 10.3 Å². The molecular weight excluding hydrogens is 218 g/mol. The highest BCUT2D eigenvalue weighted by atomic mass is 16.6. The summed E-state index contributed by atoms with van der Waals surface area (Å²) in [6.45, 7) is 6.39. The van der Waals surface area contributed by atoms with Gasteiger partial charge >= 0.3 is 0 Å². The molecule has 0 aliphatic carbocycles. The van der Waals surface area contributed by atoms with Gasteiger partial charge in [-0.2, -0.15) is 0 Å². The Morgan fingerprint density at radius 1 is 1.53 bits per heavy atom. The Hall–Kier alpha value is -1.49. The summed E-state index contributed by atoms with van der Waals surface area (Å²) in [5.41, 5.74) is 0.924. The normalized spacial score (nSPS) is 13.4. The molecule has 1 aromatic rings. The van der Waals surface area contributed by atoms with E-state index in [0.717, 1.165) is 5.69 Å². The topological polar surface area (TPSA) is 68.1 Å². The second kappa shape index (κ2) is 5.23. The Kier molecular flexibility index (Phi) is 4.17. The fourth-order valence-electron chi connectivity index (χ4n) is 1.74. The minimum Gasteiger partial charge on any atom is -0.316 e. The maximum absolute atomic E-state index is 10.7. The minimum absolute atomic E-state index is 0.0844. The third-order valence-electron chi connectivity index (χ3n) is 2.82. The zero-order valence-corrected chi connectivity index (χ0v) is 10.7. The maximum Gasteiger partial charge on any atom is 0.272 e. The number of likely N-dealkylation sites (N-methyl/N-ethyl adjacent to an activating group) is 1. The fraction of sp³-hybridized carbons (Fsp3) is 0.583. The molecule has 1 atom stereocenters. The van der Waals surface area contributed by atoms with Gasteiger partial charge in [-0.1, -0.05) is 20.8 Å². The Bertz CT molecular complexity index is 399. The van der Waals surface area contributed by atoms with Crippen LogP contribution < -0.4 is 5.32 Å². The predicted octanol–water partition coefficient (Wildman–Crippen LogP) is 2.17. The molecule has 0 aromatic carbocycles. The molecule has 5 heteroatoms. The van der Waals surface area contributed by atoms with Gasteiger partial charge in [0.25, 0.3) is 5.69 Å². The van der Waals surface area contributed by atoms with E-state index in [9.17, 15) is 10.1 Å². The van der Waals surface area contributed by atoms with Crippen molar-refractivity contribution in [1.29, 1.82) is 0 Å². The Labute approximate surface area is 101 Å². The summed E-state index contributed by atoms with van der Waals surface area (Å²) in [6.07, 6.45) is 2.17. The number of aromatic nitrogens is 1. The van der Waals surface area contributed by atoms with Crippen LogP contribution in [0.1, 0.15) is 26.5 Å². The average Bonchev–Trinajstić information content (AvgIpc) is 2.24. The lowest BCUT2D eigenvalue weighted by molar-refractivity contribution is -0.385. The highest BCUT2D eigenvalue weighted by Crippen LogP contribution is 2.22. The molecule has 5 nitrogen and oxygen atoms in total. The van der Waals surface area contributed by atoms with E-state index < -0.39 is 4.92 Å². The number of rotatable bonds is 4. The zero-order chi connectivity index (χ0) is 13.1. The third kappa shape index (κ3) is 3.78. The molecule has 0 aliphatic heterocycles. The van der Waals surface area contributed by atoms with E-state index in [1.165, 1.54) is 18.3 Å². The lowest BCUT2D eigenvalue weighted by Crippen LogP contribution is -2.39. The van der Waals surface area contributed by atoms with E-state index in [1.54, 1.807) is 0 Å². The fourth-order valence-corrected chi connectivity index (χ4v) is 1.74. The summed E-state index contributed by atoms with van der Waals surface area (Å²) >= 11 is 0. The number of hydrogen-bond donors (Lipinski definition) is 1. The first-order valence-corrected chi connectivity index (χ1v) is 5.61. The summed E-state index contributed by atoms with van der Waals surface area (Å²) in [6, 6.07) is 3.18. The van der Waals surface area contributed by atoms with Crippen LogP contribution in [-0.2, 0) is 6.42 Å². The Morgan fingerprint density at radius 2 is 2.18 bits per heavy atom. The molecule has 94 valence electrons. The maximum atomic E-state index is 10.7. The molecule has 0 radical (unpaired) electrons. The van der Waals surface area contributed by atoms with E-state index in [4.69, 9.17) is 0 Å². The molecule has 0 spiro atoms. The molecular formula is C12H19N3O2. The van der Waals surface area contributed by atoms with Gasteiger partial charge < -0.3 is 5.32 Å². The largest absolute Gasteiger partial charge is 0.316 e. The summed E-state index contributed by atoms with van der Waals surface area (Å²) < 4.78 is 0. The van der Waals surface area contributed by atoms with Crippen LogP contribution in [-0.4, -0.2) is 23.0 Å². The summed E-state index contributed by atoms with van der Waals surface area (Å²) in [7, 11) is 1.90. The van der Waals surface area contributed by atoms with E-state index in [-0.39, 0.29) is 17.1 Å². The second-order valence-electron chi connectivity index (χ2n) is 5.17. The molecule has 1 heterocycles. The van der Waals surface area contributed by atoms with Crippen molar-refractivity contribution >= 4 is 5.69 Å². The van der Waals surface area contributed by atoms with Crippen molar-refractivity contribution in [3.63, 3.8) is 0 Å². The van der Waals surface area contributed by atoms with E-state index in [2.05, 4.69) is 31.1 Å². The number of hydrogen-bond acceptors (Lipinski definition) is 4. The lowest BCUT2D eigenvalue weighted by atomic mass is 9.84. The highest BCUT2D eigenvalue weighted by Gasteiger charge is 2.24. The molecule has 0 aliphatic rings. The van der Waals surface area contributed by atoms with E-state index in [0.29, 0.717) is 6.42 Å². The van der Waals surface area contributed by atoms with Crippen molar-refractivity contribution in [3.8, 4) is 0 Å². The number of nitrogens with zero attached hydrogens (tertiary/aromatic N) is 2. The van der Waals surface area contributed by atoms with Crippen molar-refractivity contribution in [3.05, 3.63) is 34.1 Å². The van der Waals surface area contributed by atoms with Gasteiger partial charge in [0.15, 0.2) is 0 Å². The van der Waals surface area contributed by atoms with Gasteiger partial charge in [-0.05, 0) is 12.5 Å². The van der Waals surface area contributed by atoms with Crippen LogP contribution in [0.3, 0.4) is 0 Å². The smallest absolute Gasteiger partial charge is 0.272 e. The molecule has 0 saturated carbocycles. The van der Waals surface area contributed by atoms with E-state index >= 15 is 0 Å². The van der Waals surface area contributed by atoms with Crippen molar-refractivity contribution in [2.45, 2.75) is 33.2 Å². The van der Waals surface area contributed by atoms with Gasteiger partial charge in [0.2, 0.25) is 0 Å². The SMILES string of the molecule is CNC(Cc1cc([N+](=O)[O-])ccn1)C(C)(C)C. The number of nitrogens with one attached hydrogen (secondary N) is 1. The van der Waals surface area contributed by atoms with Gasteiger partial charge in [0, 0.05) is 36.5 Å². The lowest BCUT2D eigenvalue weighted by Gasteiger charge is -2.30. The molecule has 0 saturated heterocycles. The van der Waals surface area contributed by atoms with Gasteiger partial charge in [-0.3, -0.25) is 15.1 Å². The van der Waals surface area contributed by atoms with Crippen LogP contribution in [0.5, 0.6) is 0 Å². The van der Waals surface area contributed by atoms with Gasteiger partial charge in [-0.15, -0.1) is 0 Å². The predicted molar refractivity (Wildman–Crippen MR) is 66.9 cm³/mol. The zero-order valence-electron chi connectivity index (χ0n) is 10.7. The van der Waals surface area contributed by atoms with Crippen LogP contribution in [0.4, 0.5) is 5.69 Å². The molecule has 0 amide bonds. The van der Waals surface area contributed by atoms with Gasteiger partial charge in [0.1, 0.15) is 0 Å². The summed E-state index contributed by atoms with van der Waals surface area (Å²) in [5.74, 6) is 0. The van der Waals surface area contributed by atoms with E-state index in [1.807, 2.05) is 7.05 Å². The van der Waals surface area contributed by atoms with Crippen LogP contribution >= 0.6 is 0 Å². The second-order valence-corrected chi connectivity index (χ2v) is 5.17. The first-order valence-electron chi connectivity index (χ1n) is 5.61. The standard InChI is InChI=1S/C12H19N3O2/c1-12(2,3)11(13-4)8-9-7-10(15(16)17)5-6-14-9/h5-7,11,13H,8H2,1-4H3. The minimum atomic E-state index is -0.392. The quantitative estimate of drug-likeness (QED) is 0.643. The molecule has 1 rings (SSSR count). The molecule has 0 fully saturated rings. The third-order valence-corrected chi connectivity index (χ3v) is 2.82. The first-order chi connectivity index (χ1) is 7.84. The van der Waals surface area contributed by atoms with Crippen molar-refractivity contribution in [2.75, 3.05) is 7.05 Å². The summed E-state index contributed by atoms with van der Waals surface area (Å²) in [4.78, 5) is 14.5. The summed E-state index contributed by atoms with van der Waals surface area (Å²) in [5, 5.41) is 13.9. The van der Waals surface area contributed by atoms with Crippen LogP contribution in [0.25, 0.3) is 0 Å². The van der Waals surface area contributed by atoms with Crippen LogP contribution in [0.2, 0.25) is 0 Å². The number of nitro groups is 1. The number of pyridine rings is 1. The molecule has 0 bridgehead atoms. The van der Waals surface area contributed by atoms with Gasteiger partial charge in [-0.25, -0.2) is 0 Å². The van der Waals surface area contributed by atoms with Crippen LogP contribution in [0.15, 0.2) is 18.3 Å². The monoisotopic (exact) mass is 237 g/mol. The molecule has 1 unspecified atom stereocenters. The highest BCUT2D eigenvalue weighted by molar-refractivity contribution is 5.30. The molecule has 1 aromatic heterocycles. The van der Waals surface area contributed by atoms with Gasteiger partial charge in [0.05, 0.1) is 4.92 Å².